The maximum absolute atomic E-state index is 5.57. The predicted molar refractivity (Wildman–Crippen MR) is 244 cm³/mol. The van der Waals surface area contributed by atoms with E-state index in [2.05, 4.69) is 126 Å². The van der Waals surface area contributed by atoms with E-state index >= 15 is 0 Å². The molecule has 0 saturated heterocycles. The predicted octanol–water partition coefficient (Wildman–Crippen LogP) is 14.5. The van der Waals surface area contributed by atoms with Gasteiger partial charge >= 0.3 is 0 Å². The van der Waals surface area contributed by atoms with Crippen LogP contribution in [0.4, 0.5) is 0 Å². The third-order valence-corrected chi connectivity index (χ3v) is 12.4. The Balaban J connectivity index is 0.000000138. The number of methoxy groups -OCH3 is 1. The zero-order valence-electron chi connectivity index (χ0n) is 35.7. The maximum Gasteiger partial charge on any atom is 0.123 e. The molecule has 2 aliphatic carbocycles. The fourth-order valence-corrected chi connectivity index (χ4v) is 8.63. The van der Waals surface area contributed by atoms with E-state index in [4.69, 9.17) is 18.9 Å². The first-order valence-electron chi connectivity index (χ1n) is 21.6. The molecule has 0 aromatic heterocycles. The summed E-state index contributed by atoms with van der Waals surface area (Å²) in [5.41, 5.74) is 11.6. The minimum atomic E-state index is 0. The van der Waals surface area contributed by atoms with Crippen molar-refractivity contribution in [3.8, 4) is 23.0 Å². The SMILES string of the molecule is C.CC1CCCc2ccccc21.CC1CCOc2ccccc21.CC1CCc2ccccc21.COc1ccc2c(c1)C(C)CCO2.Cc1ccc2c(c1)OCCC2C. The van der Waals surface area contributed by atoms with Gasteiger partial charge in [-0.3, -0.25) is 0 Å². The number of hydrogen-bond acceptors (Lipinski definition) is 4. The van der Waals surface area contributed by atoms with E-state index in [0.29, 0.717) is 17.8 Å². The molecule has 5 aromatic carbocycles. The number of para-hydroxylation sites is 1. The molecule has 0 saturated carbocycles. The number of rotatable bonds is 1. The molecule has 4 heteroatoms. The second kappa shape index (κ2) is 21.9. The fourth-order valence-electron chi connectivity index (χ4n) is 8.63. The van der Waals surface area contributed by atoms with Crippen molar-refractivity contribution in [3.05, 3.63) is 154 Å². The van der Waals surface area contributed by atoms with Gasteiger partial charge in [0, 0.05) is 5.56 Å². The molecule has 5 aromatic rings. The van der Waals surface area contributed by atoms with Gasteiger partial charge in [-0.2, -0.15) is 0 Å². The molecule has 3 heterocycles. The molecular formula is C54H70O4. The van der Waals surface area contributed by atoms with Gasteiger partial charge in [0.25, 0.3) is 0 Å². The van der Waals surface area contributed by atoms with Crippen LogP contribution in [0.2, 0.25) is 0 Å². The van der Waals surface area contributed by atoms with Gasteiger partial charge < -0.3 is 18.9 Å². The van der Waals surface area contributed by atoms with Crippen LogP contribution in [0, 0.1) is 6.92 Å². The highest BCUT2D eigenvalue weighted by Gasteiger charge is 2.20. The van der Waals surface area contributed by atoms with Crippen molar-refractivity contribution < 1.29 is 18.9 Å². The van der Waals surface area contributed by atoms with Crippen molar-refractivity contribution in [2.75, 3.05) is 26.9 Å². The Morgan fingerprint density at radius 1 is 0.448 bits per heavy atom. The standard InChI is InChI=1S/C11H14O2.C11H14O.C11H14.C10H12O.C10H12.CH4/c1-8-5-6-13-11-4-3-9(12-2)7-10(8)11;1-8-3-4-10-9(2)5-6-12-11(10)7-8;1-9-5-4-7-10-6-2-3-8-11(9)10;1-8-6-7-11-10-5-3-2-4-9(8)10;1-8-6-7-9-4-2-3-5-10(8)9;/h3-4,7-8H,5-6H2,1-2H3;3-4,7,9H,5-6H2,1-2H3;2-3,6,8-9H,4-5,7H2,1H3;2-5,8H,6-7H2,1H3;2-5,8H,6-7H2,1H3;1H4. The number of benzene rings is 5. The highest BCUT2D eigenvalue weighted by molar-refractivity contribution is 5.44. The fraction of sp³-hybridized carbons (Fsp3) is 0.444. The lowest BCUT2D eigenvalue weighted by molar-refractivity contribution is 0.271. The highest BCUT2D eigenvalue weighted by atomic mass is 16.5. The van der Waals surface area contributed by atoms with E-state index < -0.39 is 0 Å². The van der Waals surface area contributed by atoms with Gasteiger partial charge in [-0.05, 0) is 157 Å². The lowest BCUT2D eigenvalue weighted by atomic mass is 9.84. The van der Waals surface area contributed by atoms with Crippen LogP contribution in [0.5, 0.6) is 23.0 Å². The van der Waals surface area contributed by atoms with Crippen molar-refractivity contribution in [1.29, 1.82) is 0 Å². The number of ether oxygens (including phenoxy) is 4. The first-order chi connectivity index (χ1) is 27.7. The van der Waals surface area contributed by atoms with Crippen molar-refractivity contribution in [1.82, 2.24) is 0 Å². The number of fused-ring (bicyclic) bond motifs is 5. The molecule has 10 rings (SSSR count). The average Bonchev–Trinajstić information content (AvgIpc) is 3.62. The Bertz CT molecular complexity index is 1960. The molecule has 0 fully saturated rings. The van der Waals surface area contributed by atoms with Gasteiger partial charge in [-0.15, -0.1) is 0 Å². The Labute approximate surface area is 351 Å². The summed E-state index contributed by atoms with van der Waals surface area (Å²) in [6.07, 6.45) is 10.1. The van der Waals surface area contributed by atoms with Crippen LogP contribution in [-0.4, -0.2) is 26.9 Å². The van der Waals surface area contributed by atoms with Crippen LogP contribution in [-0.2, 0) is 12.8 Å². The molecule has 4 nitrogen and oxygen atoms in total. The zero-order chi connectivity index (χ0) is 40.1. The minimum absolute atomic E-state index is 0. The molecule has 0 radical (unpaired) electrons. The molecule has 0 spiro atoms. The Hall–Kier alpha value is -4.70. The van der Waals surface area contributed by atoms with Crippen LogP contribution in [0.1, 0.15) is 155 Å². The van der Waals surface area contributed by atoms with Gasteiger partial charge in [0.1, 0.15) is 23.0 Å². The molecular weight excluding hydrogens is 713 g/mol. The van der Waals surface area contributed by atoms with Crippen LogP contribution >= 0.6 is 0 Å². The molecule has 3 aliphatic heterocycles. The molecule has 310 valence electrons. The number of aryl methyl sites for hydroxylation is 3. The van der Waals surface area contributed by atoms with Gasteiger partial charge in [0.05, 0.1) is 26.9 Å². The first-order valence-corrected chi connectivity index (χ1v) is 21.6. The highest BCUT2D eigenvalue weighted by Crippen LogP contribution is 2.37. The van der Waals surface area contributed by atoms with Crippen LogP contribution in [0.3, 0.4) is 0 Å². The van der Waals surface area contributed by atoms with Crippen LogP contribution in [0.25, 0.3) is 0 Å². The molecule has 5 atom stereocenters. The van der Waals surface area contributed by atoms with E-state index in [0.717, 1.165) is 73.9 Å². The summed E-state index contributed by atoms with van der Waals surface area (Å²) >= 11 is 0. The second-order valence-corrected chi connectivity index (χ2v) is 16.7. The summed E-state index contributed by atoms with van der Waals surface area (Å²) in [6.45, 7) is 16.1. The molecule has 0 amide bonds. The monoisotopic (exact) mass is 783 g/mol. The van der Waals surface area contributed by atoms with E-state index in [1.807, 2.05) is 24.3 Å². The summed E-state index contributed by atoms with van der Waals surface area (Å²) < 4.78 is 21.8. The lowest BCUT2D eigenvalue weighted by Crippen LogP contribution is -2.11. The van der Waals surface area contributed by atoms with E-state index in [9.17, 15) is 0 Å². The van der Waals surface area contributed by atoms with E-state index in [-0.39, 0.29) is 7.43 Å². The van der Waals surface area contributed by atoms with Crippen molar-refractivity contribution in [2.24, 2.45) is 0 Å². The third-order valence-electron chi connectivity index (χ3n) is 12.4. The molecule has 5 unspecified atom stereocenters. The molecule has 0 N–H and O–H groups in total. The lowest BCUT2D eigenvalue weighted by Gasteiger charge is -2.23. The molecule has 5 aliphatic rings. The minimum Gasteiger partial charge on any atom is -0.497 e. The van der Waals surface area contributed by atoms with Gasteiger partial charge in [0.2, 0.25) is 0 Å². The average molecular weight is 783 g/mol. The van der Waals surface area contributed by atoms with Crippen LogP contribution in [0.15, 0.2) is 109 Å². The second-order valence-electron chi connectivity index (χ2n) is 16.7. The van der Waals surface area contributed by atoms with Crippen molar-refractivity contribution in [2.45, 2.75) is 130 Å². The maximum atomic E-state index is 5.57. The largest absolute Gasteiger partial charge is 0.497 e. The molecule has 0 bridgehead atoms. The molecule has 58 heavy (non-hydrogen) atoms. The third kappa shape index (κ3) is 11.7. The van der Waals surface area contributed by atoms with E-state index in [1.165, 1.54) is 54.4 Å². The summed E-state index contributed by atoms with van der Waals surface area (Å²) in [5.74, 6) is 7.60. The topological polar surface area (TPSA) is 36.9 Å². The summed E-state index contributed by atoms with van der Waals surface area (Å²) in [5, 5.41) is 0. The van der Waals surface area contributed by atoms with Gasteiger partial charge in [0.15, 0.2) is 0 Å². The van der Waals surface area contributed by atoms with Gasteiger partial charge in [-0.1, -0.05) is 121 Å². The first kappa shape index (κ1) is 44.4. The zero-order valence-corrected chi connectivity index (χ0v) is 35.7. The smallest absolute Gasteiger partial charge is 0.123 e. The van der Waals surface area contributed by atoms with Crippen molar-refractivity contribution >= 4 is 0 Å². The Morgan fingerprint density at radius 3 is 1.52 bits per heavy atom. The summed E-state index contributed by atoms with van der Waals surface area (Å²) in [6, 6.07) is 38.4. The number of hydrogen-bond donors (Lipinski definition) is 0. The summed E-state index contributed by atoms with van der Waals surface area (Å²) in [7, 11) is 1.69. The normalized spacial score (nSPS) is 21.4. The Morgan fingerprint density at radius 2 is 0.931 bits per heavy atom. The van der Waals surface area contributed by atoms with Crippen molar-refractivity contribution in [3.63, 3.8) is 0 Å². The van der Waals surface area contributed by atoms with Gasteiger partial charge in [-0.25, -0.2) is 0 Å². The Kier molecular flexibility index (Phi) is 16.8. The quantitative estimate of drug-likeness (QED) is 0.170. The van der Waals surface area contributed by atoms with E-state index in [1.54, 1.807) is 29.4 Å². The van der Waals surface area contributed by atoms with Crippen LogP contribution < -0.4 is 18.9 Å². The summed E-state index contributed by atoms with van der Waals surface area (Å²) in [4.78, 5) is 0.